The number of alkyl halides is 3. The molecule has 0 fully saturated rings. The first-order valence-corrected chi connectivity index (χ1v) is 9.08. The van der Waals surface area contributed by atoms with Crippen LogP contribution in [0.1, 0.15) is 0 Å². The number of halogens is 3. The van der Waals surface area contributed by atoms with Gasteiger partial charge in [0.25, 0.3) is 10.0 Å². The van der Waals surface area contributed by atoms with Crippen LogP contribution in [0.3, 0.4) is 0 Å². The molecule has 1 N–H and O–H groups in total. The molecule has 27 heavy (non-hydrogen) atoms. The normalized spacial score (nSPS) is 11.9. The number of benzene rings is 1. The molecule has 0 aliphatic rings. The lowest BCUT2D eigenvalue weighted by Gasteiger charge is -2.11. The molecule has 1 aromatic heterocycles. The molecule has 0 saturated carbocycles. The summed E-state index contributed by atoms with van der Waals surface area (Å²) in [5, 5.41) is 0. The summed E-state index contributed by atoms with van der Waals surface area (Å²) in [6.07, 6.45) is -3.42. The average Bonchev–Trinajstić information content (AvgIpc) is 2.61. The van der Waals surface area contributed by atoms with Gasteiger partial charge in [0.2, 0.25) is 5.88 Å². The van der Waals surface area contributed by atoms with Gasteiger partial charge in [0.05, 0.1) is 23.4 Å². The van der Waals surface area contributed by atoms with Crippen molar-refractivity contribution in [1.82, 2.24) is 4.98 Å². The van der Waals surface area contributed by atoms with Gasteiger partial charge in [-0.05, 0) is 30.3 Å². The number of hydrogen-bond acceptors (Lipinski definition) is 6. The highest BCUT2D eigenvalue weighted by Gasteiger charge is 2.28. The fourth-order valence-corrected chi connectivity index (χ4v) is 2.90. The number of anilines is 1. The number of hydrogen-bond donors (Lipinski definition) is 1. The minimum Gasteiger partial charge on any atom is -0.491 e. The number of pyridine rings is 1. The quantitative estimate of drug-likeness (QED) is 0.645. The molecule has 148 valence electrons. The Hall–Kier alpha value is -2.53. The topological polar surface area (TPSA) is 86.8 Å². The maximum Gasteiger partial charge on any atom is 0.422 e. The zero-order valence-corrected chi connectivity index (χ0v) is 15.0. The Balaban J connectivity index is 1.99. The van der Waals surface area contributed by atoms with E-state index in [1.807, 2.05) is 0 Å². The van der Waals surface area contributed by atoms with Crippen LogP contribution in [-0.2, 0) is 14.8 Å². The van der Waals surface area contributed by atoms with Gasteiger partial charge in [-0.1, -0.05) is 0 Å². The lowest BCUT2D eigenvalue weighted by molar-refractivity contribution is -0.154. The molecule has 11 heteroatoms. The summed E-state index contributed by atoms with van der Waals surface area (Å²) < 4.78 is 77.9. The highest BCUT2D eigenvalue weighted by atomic mass is 32.2. The maximum absolute atomic E-state index is 12.3. The van der Waals surface area contributed by atoms with E-state index in [9.17, 15) is 21.6 Å². The predicted octanol–water partition coefficient (Wildman–Crippen LogP) is 2.85. The van der Waals surface area contributed by atoms with Gasteiger partial charge in [-0.25, -0.2) is 13.4 Å². The van der Waals surface area contributed by atoms with Crippen LogP contribution in [0.5, 0.6) is 11.6 Å². The van der Waals surface area contributed by atoms with E-state index >= 15 is 0 Å². The third-order valence-corrected chi connectivity index (χ3v) is 4.46. The van der Waals surface area contributed by atoms with Gasteiger partial charge in [0.15, 0.2) is 6.61 Å². The van der Waals surface area contributed by atoms with Gasteiger partial charge in [0, 0.05) is 13.2 Å². The number of sulfonamides is 1. The van der Waals surface area contributed by atoms with E-state index in [1.54, 1.807) is 0 Å². The van der Waals surface area contributed by atoms with Crippen molar-refractivity contribution in [2.24, 2.45) is 0 Å². The zero-order chi connectivity index (χ0) is 19.9. The molecule has 0 aliphatic carbocycles. The molecule has 0 atom stereocenters. The summed E-state index contributed by atoms with van der Waals surface area (Å²) in [5.74, 6) is 0.215. The van der Waals surface area contributed by atoms with Crippen LogP contribution in [-0.4, -0.2) is 46.5 Å². The highest BCUT2D eigenvalue weighted by molar-refractivity contribution is 7.92. The smallest absolute Gasteiger partial charge is 0.422 e. The van der Waals surface area contributed by atoms with E-state index in [0.29, 0.717) is 19.0 Å². The molecule has 2 aromatic rings. The summed E-state index contributed by atoms with van der Waals surface area (Å²) in [6.45, 7) is -0.754. The van der Waals surface area contributed by atoms with Gasteiger partial charge < -0.3 is 14.2 Å². The first kappa shape index (κ1) is 20.8. The molecule has 0 spiro atoms. The molecule has 1 heterocycles. The molecule has 1 aromatic carbocycles. The standard InChI is InChI=1S/C16H17F3N2O5S/c1-24-8-9-25-13-3-5-14(6-4-13)27(22,23)21-12-2-7-15(20-10-12)26-11-16(17,18)19/h2-7,10,21H,8-9,11H2,1H3. The van der Waals surface area contributed by atoms with Crippen LogP contribution in [0.2, 0.25) is 0 Å². The van der Waals surface area contributed by atoms with Crippen molar-refractivity contribution >= 4 is 15.7 Å². The van der Waals surface area contributed by atoms with Crippen LogP contribution < -0.4 is 14.2 Å². The second kappa shape index (κ2) is 8.91. The van der Waals surface area contributed by atoms with Gasteiger partial charge in [0.1, 0.15) is 12.4 Å². The van der Waals surface area contributed by atoms with Crippen molar-refractivity contribution < 1.29 is 35.8 Å². The van der Waals surface area contributed by atoms with E-state index < -0.39 is 22.8 Å². The zero-order valence-electron chi connectivity index (χ0n) is 14.2. The molecule has 0 aliphatic heterocycles. The molecule has 7 nitrogen and oxygen atoms in total. The van der Waals surface area contributed by atoms with Crippen molar-refractivity contribution in [3.05, 3.63) is 42.6 Å². The van der Waals surface area contributed by atoms with E-state index in [0.717, 1.165) is 12.3 Å². The minimum absolute atomic E-state index is 0.0148. The average molecular weight is 406 g/mol. The molecule has 2 rings (SSSR count). The first-order chi connectivity index (χ1) is 12.7. The number of aromatic nitrogens is 1. The number of nitrogens with zero attached hydrogens (tertiary/aromatic N) is 1. The fraction of sp³-hybridized carbons (Fsp3) is 0.312. The summed E-state index contributed by atoms with van der Waals surface area (Å²) in [6, 6.07) is 8.10. The molecular formula is C16H17F3N2O5S. The number of rotatable bonds is 9. The summed E-state index contributed by atoms with van der Waals surface area (Å²) in [5.41, 5.74) is 0.0785. The molecule has 0 saturated heterocycles. The highest BCUT2D eigenvalue weighted by Crippen LogP contribution is 2.21. The van der Waals surface area contributed by atoms with E-state index in [4.69, 9.17) is 9.47 Å². The van der Waals surface area contributed by atoms with Crippen LogP contribution >= 0.6 is 0 Å². The second-order valence-corrected chi connectivity index (χ2v) is 6.89. The van der Waals surface area contributed by atoms with E-state index in [-0.39, 0.29) is 16.5 Å². The number of methoxy groups -OCH3 is 1. The fourth-order valence-electron chi connectivity index (χ4n) is 1.85. The van der Waals surface area contributed by atoms with Crippen LogP contribution in [0.25, 0.3) is 0 Å². The van der Waals surface area contributed by atoms with E-state index in [2.05, 4.69) is 14.4 Å². The lowest BCUT2D eigenvalue weighted by atomic mass is 10.3. The van der Waals surface area contributed by atoms with Crippen molar-refractivity contribution in [1.29, 1.82) is 0 Å². The Morgan fingerprint density at radius 1 is 1.04 bits per heavy atom. The summed E-state index contributed by atoms with van der Waals surface area (Å²) in [4.78, 5) is 3.62. The maximum atomic E-state index is 12.3. The molecule has 0 bridgehead atoms. The lowest BCUT2D eigenvalue weighted by Crippen LogP contribution is -2.19. The largest absolute Gasteiger partial charge is 0.491 e. The Kier molecular flexibility index (Phi) is 6.86. The monoisotopic (exact) mass is 406 g/mol. The van der Waals surface area contributed by atoms with Gasteiger partial charge >= 0.3 is 6.18 Å². The number of ether oxygens (including phenoxy) is 3. The summed E-state index contributed by atoms with van der Waals surface area (Å²) >= 11 is 0. The second-order valence-electron chi connectivity index (χ2n) is 5.21. The Bertz CT molecular complexity index is 825. The van der Waals surface area contributed by atoms with Crippen molar-refractivity contribution in [3.8, 4) is 11.6 Å². The number of nitrogens with one attached hydrogen (secondary N) is 1. The van der Waals surface area contributed by atoms with Crippen molar-refractivity contribution in [2.75, 3.05) is 31.7 Å². The SMILES string of the molecule is COCCOc1ccc(S(=O)(=O)Nc2ccc(OCC(F)(F)F)nc2)cc1. The minimum atomic E-state index is -4.48. The van der Waals surface area contributed by atoms with Gasteiger partial charge in [-0.2, -0.15) is 13.2 Å². The molecule has 0 unspecified atom stereocenters. The van der Waals surface area contributed by atoms with Crippen molar-refractivity contribution in [2.45, 2.75) is 11.1 Å². The van der Waals surface area contributed by atoms with Gasteiger partial charge in [-0.3, -0.25) is 4.72 Å². The predicted molar refractivity (Wildman–Crippen MR) is 90.4 cm³/mol. The molecular weight excluding hydrogens is 389 g/mol. The third kappa shape index (κ3) is 6.94. The first-order valence-electron chi connectivity index (χ1n) is 7.60. The van der Waals surface area contributed by atoms with Crippen molar-refractivity contribution in [3.63, 3.8) is 0 Å². The molecule has 0 amide bonds. The van der Waals surface area contributed by atoms with E-state index in [1.165, 1.54) is 37.4 Å². The van der Waals surface area contributed by atoms with Crippen LogP contribution in [0.4, 0.5) is 18.9 Å². The Morgan fingerprint density at radius 3 is 2.30 bits per heavy atom. The third-order valence-electron chi connectivity index (χ3n) is 3.06. The Morgan fingerprint density at radius 2 is 1.74 bits per heavy atom. The molecule has 0 radical (unpaired) electrons. The summed E-state index contributed by atoms with van der Waals surface area (Å²) in [7, 11) is -2.36. The Labute approximate surface area is 154 Å². The van der Waals surface area contributed by atoms with Gasteiger partial charge in [-0.15, -0.1) is 0 Å². The van der Waals surface area contributed by atoms with Crippen LogP contribution in [0, 0.1) is 0 Å². The van der Waals surface area contributed by atoms with Crippen LogP contribution in [0.15, 0.2) is 47.5 Å².